The van der Waals surface area contributed by atoms with Gasteiger partial charge in [-0.25, -0.2) is 0 Å². The Kier molecular flexibility index (Phi) is 9.19. The molecule has 160 valence electrons. The van der Waals surface area contributed by atoms with Crippen LogP contribution in [0.3, 0.4) is 0 Å². The molecule has 0 aromatic carbocycles. The molecule has 0 N–H and O–H groups in total. The summed E-state index contributed by atoms with van der Waals surface area (Å²) in [5.74, 6) is 9.24. The molecule has 0 amide bonds. The molecule has 0 bridgehead atoms. The third kappa shape index (κ3) is 5.09. The Morgan fingerprint density at radius 1 is 0.536 bits per heavy atom. The van der Waals surface area contributed by atoms with E-state index < -0.39 is 20.8 Å². The van der Waals surface area contributed by atoms with Crippen LogP contribution in [-0.2, 0) is 20.8 Å². The molecule has 7 unspecified atom stereocenters. The predicted molar refractivity (Wildman–Crippen MR) is 118 cm³/mol. The van der Waals surface area contributed by atoms with Gasteiger partial charge in [-0.1, -0.05) is 57.8 Å². The molecule has 0 heterocycles. The molecule has 5 rings (SSSR count). The van der Waals surface area contributed by atoms with Crippen molar-refractivity contribution >= 4 is 17.0 Å². The second kappa shape index (κ2) is 11.4. The molecule has 0 radical (unpaired) electrons. The van der Waals surface area contributed by atoms with Gasteiger partial charge in [-0.05, 0) is 98.7 Å². The molecule has 28 heavy (non-hydrogen) atoms. The van der Waals surface area contributed by atoms with Crippen molar-refractivity contribution in [2.24, 2.45) is 47.3 Å². The Morgan fingerprint density at radius 3 is 1.64 bits per heavy atom. The van der Waals surface area contributed by atoms with E-state index in [9.17, 15) is 0 Å². The van der Waals surface area contributed by atoms with E-state index in [2.05, 4.69) is 0 Å². The van der Waals surface area contributed by atoms with E-state index in [0.717, 1.165) is 35.5 Å². The molecule has 0 saturated heterocycles. The number of hydrogen-bond acceptors (Lipinski definition) is 0. The van der Waals surface area contributed by atoms with Crippen LogP contribution in [0.4, 0.5) is 0 Å². The van der Waals surface area contributed by atoms with E-state index in [1.165, 1.54) is 11.8 Å². The third-order valence-electron chi connectivity index (χ3n) is 9.99. The first-order valence-electron chi connectivity index (χ1n) is 12.8. The molecule has 5 fully saturated rings. The van der Waals surface area contributed by atoms with E-state index in [1.54, 1.807) is 109 Å². The average molecular weight is 505 g/mol. The summed E-state index contributed by atoms with van der Waals surface area (Å²) in [6.07, 6.45) is 26.9. The van der Waals surface area contributed by atoms with Crippen LogP contribution >= 0.6 is 17.0 Å². The molecule has 0 spiro atoms. The topological polar surface area (TPSA) is 0 Å². The number of hydrogen-bond donors (Lipinski definition) is 0. The van der Waals surface area contributed by atoms with Crippen LogP contribution in [0.25, 0.3) is 0 Å². The Hall–Kier alpha value is 1.46. The second-order valence-corrected chi connectivity index (χ2v) is 14.7. The van der Waals surface area contributed by atoms with Gasteiger partial charge < -0.3 is 0 Å². The number of rotatable bonds is 4. The minimum atomic E-state index is -0.826. The molecule has 0 nitrogen and oxygen atoms in total. The van der Waals surface area contributed by atoms with Crippen LogP contribution in [0.15, 0.2) is 0 Å². The zero-order chi connectivity index (χ0) is 19.3. The second-order valence-electron chi connectivity index (χ2n) is 10.9. The number of fused-ring (bicyclic) bond motifs is 4. The summed E-state index contributed by atoms with van der Waals surface area (Å²) < 4.78 is 0. The minimum absolute atomic E-state index is 0.826. The van der Waals surface area contributed by atoms with Gasteiger partial charge in [0.1, 0.15) is 0 Å². The van der Waals surface area contributed by atoms with E-state index in [1.807, 2.05) is 0 Å². The average Bonchev–Trinajstić information content (AvgIpc) is 3.29. The van der Waals surface area contributed by atoms with E-state index in [-0.39, 0.29) is 0 Å². The predicted octanol–water partition coefficient (Wildman–Crippen LogP) is 8.99. The molecule has 0 aromatic rings. The molecular formula is C25H42Cl2Zr. The van der Waals surface area contributed by atoms with Crippen molar-refractivity contribution in [1.29, 1.82) is 0 Å². The van der Waals surface area contributed by atoms with Crippen molar-refractivity contribution in [2.45, 2.75) is 109 Å². The molecule has 0 aliphatic heterocycles. The van der Waals surface area contributed by atoms with Crippen LogP contribution in [0, 0.1) is 47.3 Å². The standard InChI is InChI=1S/C25H42.2ClH.Zr/c1-2-10-20-18(8-1)16-17-19(20)9-7-15-25-23-13-5-3-11-21(23)22-12-4-6-14-24(22)25;;;/h18-25H,1-17H2;2*1H;/q;;;+2/p-2. The molecule has 5 aliphatic rings. The van der Waals surface area contributed by atoms with Gasteiger partial charge in [0.2, 0.25) is 0 Å². The SMILES string of the molecule is C1CCC2C(C1)CCC2CCCC1C2CCCCC2C2CCCCC21.[Cl][Zr][Cl]. The summed E-state index contributed by atoms with van der Waals surface area (Å²) in [7, 11) is 9.87. The van der Waals surface area contributed by atoms with E-state index >= 15 is 0 Å². The maximum absolute atomic E-state index is 4.93. The Labute approximate surface area is 193 Å². The van der Waals surface area contributed by atoms with Crippen molar-refractivity contribution < 1.29 is 20.8 Å². The van der Waals surface area contributed by atoms with E-state index in [4.69, 9.17) is 17.0 Å². The Balaban J connectivity index is 0.000000604. The van der Waals surface area contributed by atoms with Gasteiger partial charge in [-0.3, -0.25) is 0 Å². The summed E-state index contributed by atoms with van der Waals surface area (Å²) in [4.78, 5) is 0. The fraction of sp³-hybridized carbons (Fsp3) is 1.00. The molecule has 5 saturated carbocycles. The fourth-order valence-electron chi connectivity index (χ4n) is 9.08. The Bertz CT molecular complexity index is 447. The molecule has 5 aliphatic carbocycles. The van der Waals surface area contributed by atoms with Crippen LogP contribution in [-0.4, -0.2) is 0 Å². The summed E-state index contributed by atoms with van der Waals surface area (Å²) in [5, 5.41) is 0. The zero-order valence-corrected chi connectivity index (χ0v) is 21.9. The van der Waals surface area contributed by atoms with Gasteiger partial charge in [-0.15, -0.1) is 0 Å². The first kappa shape index (κ1) is 22.6. The first-order valence-corrected chi connectivity index (χ1v) is 19.1. The van der Waals surface area contributed by atoms with Crippen LogP contribution < -0.4 is 0 Å². The zero-order valence-electron chi connectivity index (χ0n) is 17.9. The monoisotopic (exact) mass is 502 g/mol. The Morgan fingerprint density at radius 2 is 1.04 bits per heavy atom. The summed E-state index contributed by atoms with van der Waals surface area (Å²) in [5.41, 5.74) is 0. The van der Waals surface area contributed by atoms with Crippen molar-refractivity contribution in [3.63, 3.8) is 0 Å². The van der Waals surface area contributed by atoms with Gasteiger partial charge >= 0.3 is 37.9 Å². The summed E-state index contributed by atoms with van der Waals surface area (Å²) in [6, 6.07) is 0. The number of halogens is 2. The van der Waals surface area contributed by atoms with Crippen molar-refractivity contribution in [3.8, 4) is 0 Å². The maximum atomic E-state index is 4.93. The van der Waals surface area contributed by atoms with Gasteiger partial charge in [-0.2, -0.15) is 0 Å². The molecule has 0 aromatic heterocycles. The van der Waals surface area contributed by atoms with Crippen molar-refractivity contribution in [3.05, 3.63) is 0 Å². The fourth-order valence-corrected chi connectivity index (χ4v) is 9.08. The molecular weight excluding hydrogens is 462 g/mol. The van der Waals surface area contributed by atoms with Crippen LogP contribution in [0.5, 0.6) is 0 Å². The van der Waals surface area contributed by atoms with Gasteiger partial charge in [0.15, 0.2) is 0 Å². The van der Waals surface area contributed by atoms with Crippen LogP contribution in [0.2, 0.25) is 0 Å². The van der Waals surface area contributed by atoms with Gasteiger partial charge in [0.05, 0.1) is 0 Å². The van der Waals surface area contributed by atoms with E-state index in [0.29, 0.717) is 0 Å². The normalized spacial score (nSPS) is 44.6. The molecule has 7 atom stereocenters. The third-order valence-corrected chi connectivity index (χ3v) is 9.99. The first-order chi connectivity index (χ1) is 13.8. The van der Waals surface area contributed by atoms with Gasteiger partial charge in [0, 0.05) is 0 Å². The summed E-state index contributed by atoms with van der Waals surface area (Å²) >= 11 is -0.826. The summed E-state index contributed by atoms with van der Waals surface area (Å²) in [6.45, 7) is 0. The van der Waals surface area contributed by atoms with Crippen molar-refractivity contribution in [1.82, 2.24) is 0 Å². The van der Waals surface area contributed by atoms with Gasteiger partial charge in [0.25, 0.3) is 0 Å². The van der Waals surface area contributed by atoms with Crippen molar-refractivity contribution in [2.75, 3.05) is 0 Å². The van der Waals surface area contributed by atoms with Crippen LogP contribution in [0.1, 0.15) is 109 Å². The molecule has 3 heteroatoms. The quantitative estimate of drug-likeness (QED) is 0.358.